The van der Waals surface area contributed by atoms with Crippen molar-refractivity contribution in [3.05, 3.63) is 0 Å². The van der Waals surface area contributed by atoms with Gasteiger partial charge in [-0.25, -0.2) is 0 Å². The minimum atomic E-state index is 0.659. The Morgan fingerprint density at radius 1 is 0.400 bits per heavy atom. The van der Waals surface area contributed by atoms with E-state index in [0.29, 0.717) is 44.6 Å². The van der Waals surface area contributed by atoms with Crippen LogP contribution in [0.4, 0.5) is 0 Å². The second-order valence-corrected chi connectivity index (χ2v) is 11.3. The molecular formula is C28H72N12. The topological polar surface area (TPSA) is 193 Å². The molecule has 40 heavy (non-hydrogen) atoms. The summed E-state index contributed by atoms with van der Waals surface area (Å²) in [5.74, 6) is 1.32. The Morgan fingerprint density at radius 3 is 1.07 bits per heavy atom. The molecule has 0 saturated carbocycles. The van der Waals surface area contributed by atoms with E-state index in [-0.39, 0.29) is 0 Å². The smallest absolute Gasteiger partial charge is 0.0110 e. The zero-order valence-electron chi connectivity index (χ0n) is 27.0. The van der Waals surface area contributed by atoms with E-state index in [0.717, 1.165) is 111 Å². The first-order valence-corrected chi connectivity index (χ1v) is 15.8. The fraction of sp³-hybridized carbons (Fsp3) is 1.00. The van der Waals surface area contributed by atoms with Gasteiger partial charge in [0.25, 0.3) is 0 Å². The van der Waals surface area contributed by atoms with Gasteiger partial charge in [-0.15, -0.1) is 0 Å². The minimum absolute atomic E-state index is 0.659. The molecule has 0 amide bonds. The molecule has 0 atom stereocenters. The number of nitrogens with one attached hydrogen (secondary N) is 2. The number of rotatable bonds is 28. The quantitative estimate of drug-likeness (QED) is 0.0454. The highest BCUT2D eigenvalue weighted by Gasteiger charge is 2.12. The summed E-state index contributed by atoms with van der Waals surface area (Å²) in [6, 6.07) is 0. The predicted molar refractivity (Wildman–Crippen MR) is 176 cm³/mol. The molecular weight excluding hydrogens is 504 g/mol. The zero-order chi connectivity index (χ0) is 30.4. The van der Waals surface area contributed by atoms with Gasteiger partial charge in [0, 0.05) is 137 Å². The SMILES string of the molecule is CC(C)CN.CC(C)CN(CCN)CCNCCN(CCNCCN)CCN(CCN)CCN(CCN)CCN. The van der Waals surface area contributed by atoms with Gasteiger partial charge in [-0.2, -0.15) is 0 Å². The van der Waals surface area contributed by atoms with Crippen molar-refractivity contribution in [2.24, 2.45) is 46.2 Å². The van der Waals surface area contributed by atoms with Crippen molar-refractivity contribution in [2.75, 3.05) is 144 Å². The monoisotopic (exact) mass is 577 g/mol. The number of hydrogen-bond acceptors (Lipinski definition) is 12. The Kier molecular flexibility index (Phi) is 32.8. The van der Waals surface area contributed by atoms with Crippen LogP contribution in [0.2, 0.25) is 0 Å². The summed E-state index contributed by atoms with van der Waals surface area (Å²) in [5.41, 5.74) is 34.0. The molecule has 0 spiro atoms. The molecule has 12 nitrogen and oxygen atoms in total. The Labute approximate surface area is 248 Å². The van der Waals surface area contributed by atoms with Gasteiger partial charge < -0.3 is 49.9 Å². The highest BCUT2D eigenvalue weighted by atomic mass is 15.2. The molecule has 0 unspecified atom stereocenters. The highest BCUT2D eigenvalue weighted by molar-refractivity contribution is 4.70. The van der Waals surface area contributed by atoms with Crippen molar-refractivity contribution in [1.29, 1.82) is 0 Å². The van der Waals surface area contributed by atoms with E-state index in [1.165, 1.54) is 0 Å². The standard InChI is InChI=1S/C24H61N11.C4H11N/c1-24(2)23-35(15-7-29)18-11-31-10-17-34(16-9-30-8-3-25)22-21-33(14-6-28)20-19-32(12-4-26)13-5-27;1-4(2)3-5/h24,30-31H,3-23,25-29H2,1-2H3;4H,3,5H2,1-2H3. The third-order valence-electron chi connectivity index (χ3n) is 6.48. The maximum atomic E-state index is 5.91. The minimum Gasteiger partial charge on any atom is -0.330 e. The molecule has 0 fully saturated rings. The Balaban J connectivity index is 0. The molecule has 244 valence electrons. The molecule has 0 aliphatic heterocycles. The Bertz CT molecular complexity index is 478. The van der Waals surface area contributed by atoms with Crippen LogP contribution in [0.15, 0.2) is 0 Å². The summed E-state index contributed by atoms with van der Waals surface area (Å²) >= 11 is 0. The van der Waals surface area contributed by atoms with Gasteiger partial charge in [-0.05, 0) is 18.4 Å². The molecule has 0 aliphatic carbocycles. The summed E-state index contributed by atoms with van der Waals surface area (Å²) in [4.78, 5) is 9.79. The van der Waals surface area contributed by atoms with E-state index in [9.17, 15) is 0 Å². The molecule has 0 aliphatic rings. The van der Waals surface area contributed by atoms with E-state index in [1.54, 1.807) is 0 Å². The second-order valence-electron chi connectivity index (χ2n) is 11.3. The molecule has 0 aromatic rings. The van der Waals surface area contributed by atoms with Crippen LogP contribution in [0.5, 0.6) is 0 Å². The van der Waals surface area contributed by atoms with Crippen molar-refractivity contribution < 1.29 is 0 Å². The maximum absolute atomic E-state index is 5.91. The van der Waals surface area contributed by atoms with E-state index in [1.807, 2.05) is 0 Å². The van der Waals surface area contributed by atoms with Gasteiger partial charge in [0.1, 0.15) is 0 Å². The lowest BCUT2D eigenvalue weighted by molar-refractivity contribution is 0.180. The lowest BCUT2D eigenvalue weighted by Crippen LogP contribution is -2.46. The largest absolute Gasteiger partial charge is 0.330 e. The lowest BCUT2D eigenvalue weighted by Gasteiger charge is -2.30. The first-order valence-electron chi connectivity index (χ1n) is 15.8. The average molecular weight is 577 g/mol. The van der Waals surface area contributed by atoms with Gasteiger partial charge in [-0.1, -0.05) is 27.7 Å². The molecule has 12 heteroatoms. The van der Waals surface area contributed by atoms with E-state index in [4.69, 9.17) is 34.4 Å². The molecule has 0 saturated heterocycles. The molecule has 0 heterocycles. The molecule has 0 bridgehead atoms. The lowest BCUT2D eigenvalue weighted by atomic mass is 10.2. The molecule has 0 aromatic carbocycles. The molecule has 0 aromatic heterocycles. The normalized spacial score (nSPS) is 12.0. The van der Waals surface area contributed by atoms with E-state index < -0.39 is 0 Å². The van der Waals surface area contributed by atoms with Crippen LogP contribution in [-0.4, -0.2) is 164 Å². The van der Waals surface area contributed by atoms with Crippen molar-refractivity contribution >= 4 is 0 Å². The fourth-order valence-electron chi connectivity index (χ4n) is 4.18. The highest BCUT2D eigenvalue weighted by Crippen LogP contribution is 1.98. The first kappa shape index (κ1) is 41.7. The maximum Gasteiger partial charge on any atom is 0.0110 e. The Hall–Kier alpha value is -0.480. The van der Waals surface area contributed by atoms with Crippen LogP contribution in [0.1, 0.15) is 27.7 Å². The fourth-order valence-corrected chi connectivity index (χ4v) is 4.18. The van der Waals surface area contributed by atoms with Crippen LogP contribution in [0.3, 0.4) is 0 Å². The van der Waals surface area contributed by atoms with Gasteiger partial charge in [0.15, 0.2) is 0 Å². The van der Waals surface area contributed by atoms with Gasteiger partial charge in [-0.3, -0.25) is 14.7 Å². The van der Waals surface area contributed by atoms with Crippen molar-refractivity contribution in [1.82, 2.24) is 30.2 Å². The average Bonchev–Trinajstić information content (AvgIpc) is 2.91. The second kappa shape index (κ2) is 31.5. The van der Waals surface area contributed by atoms with Gasteiger partial charge in [0.2, 0.25) is 0 Å². The number of hydrogen-bond donors (Lipinski definition) is 8. The van der Waals surface area contributed by atoms with Gasteiger partial charge >= 0.3 is 0 Å². The number of nitrogens with zero attached hydrogens (tertiary/aromatic N) is 4. The predicted octanol–water partition coefficient (Wildman–Crippen LogP) is -2.58. The van der Waals surface area contributed by atoms with E-state index in [2.05, 4.69) is 57.9 Å². The number of nitrogens with two attached hydrogens (primary N) is 6. The van der Waals surface area contributed by atoms with Crippen molar-refractivity contribution in [2.45, 2.75) is 27.7 Å². The van der Waals surface area contributed by atoms with Crippen LogP contribution < -0.4 is 45.0 Å². The van der Waals surface area contributed by atoms with E-state index >= 15 is 0 Å². The summed E-state index contributed by atoms with van der Waals surface area (Å²) < 4.78 is 0. The Morgan fingerprint density at radius 2 is 0.725 bits per heavy atom. The third kappa shape index (κ3) is 29.0. The first-order chi connectivity index (χ1) is 19.3. The van der Waals surface area contributed by atoms with Gasteiger partial charge in [0.05, 0.1) is 0 Å². The molecule has 0 rings (SSSR count). The molecule has 14 N–H and O–H groups in total. The summed E-state index contributed by atoms with van der Waals surface area (Å²) in [5, 5.41) is 7.06. The van der Waals surface area contributed by atoms with Crippen LogP contribution in [0, 0.1) is 11.8 Å². The summed E-state index contributed by atoms with van der Waals surface area (Å²) in [6.07, 6.45) is 0. The summed E-state index contributed by atoms with van der Waals surface area (Å²) in [7, 11) is 0. The van der Waals surface area contributed by atoms with Crippen LogP contribution in [-0.2, 0) is 0 Å². The van der Waals surface area contributed by atoms with Crippen LogP contribution >= 0.6 is 0 Å². The van der Waals surface area contributed by atoms with Crippen molar-refractivity contribution in [3.63, 3.8) is 0 Å². The third-order valence-corrected chi connectivity index (χ3v) is 6.48. The summed E-state index contributed by atoms with van der Waals surface area (Å²) in [6.45, 7) is 28.5. The zero-order valence-corrected chi connectivity index (χ0v) is 27.0. The van der Waals surface area contributed by atoms with Crippen LogP contribution in [0.25, 0.3) is 0 Å². The molecule has 0 radical (unpaired) electrons. The van der Waals surface area contributed by atoms with Crippen molar-refractivity contribution in [3.8, 4) is 0 Å².